The molecule has 0 spiro atoms. The predicted octanol–water partition coefficient (Wildman–Crippen LogP) is 3.02. The molecule has 1 N–H and O–H groups in total. The Morgan fingerprint density at radius 3 is 2.37 bits per heavy atom. The lowest BCUT2D eigenvalue weighted by molar-refractivity contribution is -0.137. The molecule has 1 unspecified atom stereocenters. The molecule has 1 aliphatic carbocycles. The molecule has 9 heteroatoms. The van der Waals surface area contributed by atoms with Gasteiger partial charge in [-0.1, -0.05) is 6.07 Å². The van der Waals surface area contributed by atoms with Gasteiger partial charge in [0, 0.05) is 25.0 Å². The Morgan fingerprint density at radius 1 is 1.19 bits per heavy atom. The highest BCUT2D eigenvalue weighted by Crippen LogP contribution is 2.33. The lowest BCUT2D eigenvalue weighted by Crippen LogP contribution is -2.45. The number of halogens is 3. The normalized spacial score (nSPS) is 21.0. The second-order valence-electron chi connectivity index (χ2n) is 7.34. The Hall–Kier alpha value is -1.61. The van der Waals surface area contributed by atoms with Crippen LogP contribution in [-0.2, 0) is 21.0 Å². The van der Waals surface area contributed by atoms with Crippen molar-refractivity contribution in [1.29, 1.82) is 0 Å². The van der Waals surface area contributed by atoms with Crippen LogP contribution in [0.25, 0.3) is 0 Å². The highest BCUT2D eigenvalue weighted by atomic mass is 32.2. The SMILES string of the molecule is CC(NC(=O)C1CCN(S(=O)(=O)c2cccc(C(F)(F)F)c2)CC1)C1CC1. The number of alkyl halides is 3. The molecule has 1 aromatic carbocycles. The van der Waals surface area contributed by atoms with Gasteiger partial charge in [0.05, 0.1) is 10.5 Å². The molecule has 2 aliphatic rings. The van der Waals surface area contributed by atoms with E-state index in [0.717, 1.165) is 29.3 Å². The monoisotopic (exact) mass is 404 g/mol. The van der Waals surface area contributed by atoms with E-state index in [1.807, 2.05) is 6.92 Å². The Bertz CT molecular complexity index is 798. The van der Waals surface area contributed by atoms with Crippen molar-refractivity contribution in [3.8, 4) is 0 Å². The zero-order chi connectivity index (χ0) is 19.8. The van der Waals surface area contributed by atoms with Crippen LogP contribution in [0.2, 0.25) is 0 Å². The summed E-state index contributed by atoms with van der Waals surface area (Å²) in [5, 5.41) is 2.99. The van der Waals surface area contributed by atoms with E-state index < -0.39 is 21.8 Å². The lowest BCUT2D eigenvalue weighted by Gasteiger charge is -2.31. The predicted molar refractivity (Wildman–Crippen MR) is 93.3 cm³/mol. The number of rotatable bonds is 5. The number of hydrogen-bond acceptors (Lipinski definition) is 3. The standard InChI is InChI=1S/C18H23F3N2O3S/c1-12(13-5-6-13)22-17(24)14-7-9-23(10-8-14)27(25,26)16-4-2-3-15(11-16)18(19,20)21/h2-4,11-14H,5-10H2,1H3,(H,22,24). The first-order valence-corrected chi connectivity index (χ1v) is 10.5. The summed E-state index contributed by atoms with van der Waals surface area (Å²) in [6, 6.07) is 3.89. The molecule has 0 bridgehead atoms. The molecule has 0 aromatic heterocycles. The van der Waals surface area contributed by atoms with Gasteiger partial charge in [0.15, 0.2) is 0 Å². The quantitative estimate of drug-likeness (QED) is 0.820. The first kappa shape index (κ1) is 20.1. The van der Waals surface area contributed by atoms with Crippen molar-refractivity contribution < 1.29 is 26.4 Å². The summed E-state index contributed by atoms with van der Waals surface area (Å²) in [7, 11) is -4.02. The fourth-order valence-electron chi connectivity index (χ4n) is 3.40. The van der Waals surface area contributed by atoms with Crippen LogP contribution in [0.15, 0.2) is 29.2 Å². The third kappa shape index (κ3) is 4.63. The molecule has 5 nitrogen and oxygen atoms in total. The topological polar surface area (TPSA) is 66.5 Å². The zero-order valence-corrected chi connectivity index (χ0v) is 15.8. The molecule has 1 saturated heterocycles. The van der Waals surface area contributed by atoms with Gasteiger partial charge in [0.2, 0.25) is 15.9 Å². The summed E-state index contributed by atoms with van der Waals surface area (Å²) in [4.78, 5) is 11.9. The molecule has 1 amide bonds. The van der Waals surface area contributed by atoms with Crippen molar-refractivity contribution in [2.45, 2.75) is 49.7 Å². The minimum absolute atomic E-state index is 0.0643. The number of piperidine rings is 1. The van der Waals surface area contributed by atoms with Crippen molar-refractivity contribution in [2.24, 2.45) is 11.8 Å². The number of nitrogens with one attached hydrogen (secondary N) is 1. The highest BCUT2D eigenvalue weighted by molar-refractivity contribution is 7.89. The zero-order valence-electron chi connectivity index (χ0n) is 15.0. The van der Waals surface area contributed by atoms with Crippen molar-refractivity contribution >= 4 is 15.9 Å². The van der Waals surface area contributed by atoms with E-state index in [1.54, 1.807) is 0 Å². The van der Waals surface area contributed by atoms with Crippen LogP contribution in [0, 0.1) is 11.8 Å². The van der Waals surface area contributed by atoms with Crippen molar-refractivity contribution in [3.05, 3.63) is 29.8 Å². The molecule has 1 aromatic rings. The maximum atomic E-state index is 12.9. The highest BCUT2D eigenvalue weighted by Gasteiger charge is 2.36. The molecule has 1 atom stereocenters. The average Bonchev–Trinajstić information content (AvgIpc) is 3.46. The van der Waals surface area contributed by atoms with Crippen molar-refractivity contribution in [2.75, 3.05) is 13.1 Å². The largest absolute Gasteiger partial charge is 0.416 e. The van der Waals surface area contributed by atoms with E-state index in [1.165, 1.54) is 6.07 Å². The summed E-state index contributed by atoms with van der Waals surface area (Å²) < 4.78 is 65.1. The van der Waals surface area contributed by atoms with E-state index >= 15 is 0 Å². The van der Waals surface area contributed by atoms with Crippen molar-refractivity contribution in [1.82, 2.24) is 9.62 Å². The maximum Gasteiger partial charge on any atom is 0.416 e. The summed E-state index contributed by atoms with van der Waals surface area (Å²) in [6.45, 7) is 2.21. The number of carbonyl (C=O) groups is 1. The molecule has 3 rings (SSSR count). The van der Waals surface area contributed by atoms with Crippen LogP contribution in [-0.4, -0.2) is 37.8 Å². The van der Waals surface area contributed by atoms with Gasteiger partial charge in [0.1, 0.15) is 0 Å². The van der Waals surface area contributed by atoms with Gasteiger partial charge in [-0.05, 0) is 56.7 Å². The number of benzene rings is 1. The Balaban J connectivity index is 1.63. The smallest absolute Gasteiger partial charge is 0.353 e. The summed E-state index contributed by atoms with van der Waals surface area (Å²) in [5.41, 5.74) is -0.994. The first-order chi connectivity index (χ1) is 12.6. The maximum absolute atomic E-state index is 12.9. The first-order valence-electron chi connectivity index (χ1n) is 9.07. The van der Waals surface area contributed by atoms with Gasteiger partial charge in [0.25, 0.3) is 0 Å². The van der Waals surface area contributed by atoms with Crippen molar-refractivity contribution in [3.63, 3.8) is 0 Å². The number of sulfonamides is 1. The van der Waals surface area contributed by atoms with Gasteiger partial charge in [-0.3, -0.25) is 4.79 Å². The van der Waals surface area contributed by atoms with Gasteiger partial charge < -0.3 is 5.32 Å². The van der Waals surface area contributed by atoms with Gasteiger partial charge in [-0.15, -0.1) is 0 Å². The van der Waals surface area contributed by atoms with Crippen LogP contribution < -0.4 is 5.32 Å². The molecule has 150 valence electrons. The Kier molecular flexibility index (Phi) is 5.54. The molecular formula is C18H23F3N2O3S. The molecule has 0 radical (unpaired) electrons. The second kappa shape index (κ2) is 7.43. The third-order valence-corrected chi connectivity index (χ3v) is 7.22. The lowest BCUT2D eigenvalue weighted by atomic mass is 9.96. The average molecular weight is 404 g/mol. The summed E-state index contributed by atoms with van der Waals surface area (Å²) in [6.07, 6.45) is -1.64. The summed E-state index contributed by atoms with van der Waals surface area (Å²) >= 11 is 0. The Morgan fingerprint density at radius 2 is 1.81 bits per heavy atom. The third-order valence-electron chi connectivity index (χ3n) is 5.32. The van der Waals surface area contributed by atoms with Crippen LogP contribution in [0.1, 0.15) is 38.2 Å². The van der Waals surface area contributed by atoms with E-state index in [0.29, 0.717) is 24.8 Å². The van der Waals surface area contributed by atoms with E-state index in [4.69, 9.17) is 0 Å². The number of amides is 1. The second-order valence-corrected chi connectivity index (χ2v) is 9.28. The molecule has 27 heavy (non-hydrogen) atoms. The van der Waals surface area contributed by atoms with Gasteiger partial charge >= 0.3 is 6.18 Å². The Labute approximate surface area is 157 Å². The molecule has 1 saturated carbocycles. The number of carbonyl (C=O) groups excluding carboxylic acids is 1. The van der Waals surface area contributed by atoms with Gasteiger partial charge in [-0.25, -0.2) is 8.42 Å². The molecule has 1 aliphatic heterocycles. The van der Waals surface area contributed by atoms with Crippen LogP contribution in [0.4, 0.5) is 13.2 Å². The number of nitrogens with zero attached hydrogens (tertiary/aromatic N) is 1. The number of hydrogen-bond donors (Lipinski definition) is 1. The van der Waals surface area contributed by atoms with E-state index in [9.17, 15) is 26.4 Å². The molecule has 2 fully saturated rings. The van der Waals surface area contributed by atoms with Crippen LogP contribution in [0.3, 0.4) is 0 Å². The fourth-order valence-corrected chi connectivity index (χ4v) is 4.91. The van der Waals surface area contributed by atoms with Gasteiger partial charge in [-0.2, -0.15) is 17.5 Å². The van der Waals surface area contributed by atoms with E-state index in [-0.39, 0.29) is 35.9 Å². The molecular weight excluding hydrogens is 381 g/mol. The minimum atomic E-state index is -4.60. The van der Waals surface area contributed by atoms with E-state index in [2.05, 4.69) is 5.32 Å². The fraction of sp³-hybridized carbons (Fsp3) is 0.611. The summed E-state index contributed by atoms with van der Waals surface area (Å²) in [5.74, 6) is 0.208. The molecule has 1 heterocycles. The van der Waals surface area contributed by atoms with Crippen LogP contribution >= 0.6 is 0 Å². The van der Waals surface area contributed by atoms with Crippen LogP contribution in [0.5, 0.6) is 0 Å². The minimum Gasteiger partial charge on any atom is -0.353 e.